The molecule has 2 amide bonds. The van der Waals surface area contributed by atoms with Gasteiger partial charge in [-0.15, -0.1) is 11.3 Å². The van der Waals surface area contributed by atoms with Crippen molar-refractivity contribution in [3.63, 3.8) is 0 Å². The number of carbonyl (C=O) groups is 2. The Morgan fingerprint density at radius 1 is 1.19 bits per heavy atom. The Hall–Kier alpha value is -1.50. The molecule has 1 aliphatic carbocycles. The van der Waals surface area contributed by atoms with Crippen molar-refractivity contribution in [2.45, 2.75) is 70.9 Å². The van der Waals surface area contributed by atoms with Crippen molar-refractivity contribution in [3.05, 3.63) is 21.4 Å². The minimum Gasteiger partial charge on any atom is -0.336 e. The van der Waals surface area contributed by atoms with Crippen molar-refractivity contribution in [1.29, 1.82) is 0 Å². The van der Waals surface area contributed by atoms with E-state index in [1.165, 1.54) is 11.3 Å². The van der Waals surface area contributed by atoms with Crippen LogP contribution in [0.2, 0.25) is 0 Å². The van der Waals surface area contributed by atoms with Crippen molar-refractivity contribution in [2.75, 3.05) is 13.1 Å². The van der Waals surface area contributed by atoms with Crippen LogP contribution in [-0.4, -0.2) is 52.7 Å². The van der Waals surface area contributed by atoms with Crippen LogP contribution in [0.3, 0.4) is 0 Å². The number of rotatable bonds is 3. The van der Waals surface area contributed by atoms with Crippen LogP contribution in [0.5, 0.6) is 0 Å². The highest BCUT2D eigenvalue weighted by molar-refractivity contribution is 7.14. The molecule has 2 atom stereocenters. The van der Waals surface area contributed by atoms with E-state index in [0.29, 0.717) is 19.5 Å². The Labute approximate surface area is 162 Å². The summed E-state index contributed by atoms with van der Waals surface area (Å²) < 4.78 is 28.2. The largest absolute Gasteiger partial charge is 0.336 e. The smallest absolute Gasteiger partial charge is 0.264 e. The summed E-state index contributed by atoms with van der Waals surface area (Å²) in [6.45, 7) is 5.82. The third kappa shape index (κ3) is 2.98. The van der Waals surface area contributed by atoms with Crippen LogP contribution in [-0.2, 0) is 4.79 Å². The van der Waals surface area contributed by atoms with E-state index in [0.717, 1.165) is 35.1 Å². The first-order chi connectivity index (χ1) is 12.6. The van der Waals surface area contributed by atoms with Crippen LogP contribution in [0.4, 0.5) is 8.78 Å². The lowest BCUT2D eigenvalue weighted by Crippen LogP contribution is -2.50. The molecule has 3 fully saturated rings. The average molecular weight is 397 g/mol. The molecule has 2 aliphatic heterocycles. The summed E-state index contributed by atoms with van der Waals surface area (Å²) in [7, 11) is 0. The van der Waals surface area contributed by atoms with Crippen molar-refractivity contribution in [1.82, 2.24) is 9.80 Å². The number of hydrogen-bond donors (Lipinski definition) is 0. The molecule has 1 aromatic heterocycles. The van der Waals surface area contributed by atoms with E-state index >= 15 is 0 Å². The molecule has 0 N–H and O–H groups in total. The van der Waals surface area contributed by atoms with Crippen LogP contribution < -0.4 is 0 Å². The summed E-state index contributed by atoms with van der Waals surface area (Å²) in [6.07, 6.45) is 2.83. The molecule has 0 aromatic carbocycles. The zero-order chi connectivity index (χ0) is 19.6. The summed E-state index contributed by atoms with van der Waals surface area (Å²) >= 11 is 1.50. The highest BCUT2D eigenvalue weighted by Gasteiger charge is 2.67. The fraction of sp³-hybridized carbons (Fsp3) is 0.700. The van der Waals surface area contributed by atoms with Crippen molar-refractivity contribution >= 4 is 23.2 Å². The second-order valence-electron chi connectivity index (χ2n) is 8.48. The Morgan fingerprint density at radius 2 is 1.85 bits per heavy atom. The molecular formula is C20H26F2N2O2S. The predicted molar refractivity (Wildman–Crippen MR) is 100 cm³/mol. The van der Waals surface area contributed by atoms with Gasteiger partial charge in [0.1, 0.15) is 5.41 Å². The number of hydrogen-bond acceptors (Lipinski definition) is 3. The zero-order valence-electron chi connectivity index (χ0n) is 16.1. The summed E-state index contributed by atoms with van der Waals surface area (Å²) in [6, 6.07) is 1.85. The average Bonchev–Trinajstić information content (AvgIpc) is 3.24. The van der Waals surface area contributed by atoms with E-state index in [4.69, 9.17) is 0 Å². The molecule has 1 aromatic rings. The normalized spacial score (nSPS) is 26.9. The van der Waals surface area contributed by atoms with Crippen molar-refractivity contribution in [3.8, 4) is 0 Å². The first-order valence-electron chi connectivity index (χ1n) is 9.71. The molecule has 2 unspecified atom stereocenters. The van der Waals surface area contributed by atoms with Gasteiger partial charge in [-0.1, -0.05) is 0 Å². The van der Waals surface area contributed by atoms with Crippen LogP contribution >= 0.6 is 11.3 Å². The van der Waals surface area contributed by atoms with Gasteiger partial charge in [-0.3, -0.25) is 9.59 Å². The summed E-state index contributed by atoms with van der Waals surface area (Å²) in [4.78, 5) is 31.5. The molecule has 0 radical (unpaired) electrons. The highest BCUT2D eigenvalue weighted by atomic mass is 32.1. The maximum atomic E-state index is 14.1. The van der Waals surface area contributed by atoms with Gasteiger partial charge in [-0.25, -0.2) is 8.78 Å². The Kier molecular flexibility index (Phi) is 4.37. The summed E-state index contributed by atoms with van der Waals surface area (Å²) in [5.41, 5.74) is -0.526. The quantitative estimate of drug-likeness (QED) is 0.775. The lowest BCUT2D eigenvalue weighted by atomic mass is 9.96. The minimum absolute atomic E-state index is 0.00695. The molecule has 1 saturated carbocycles. The van der Waals surface area contributed by atoms with E-state index in [1.807, 2.05) is 24.8 Å². The molecular weight excluding hydrogens is 370 g/mol. The first kappa shape index (κ1) is 18.8. The van der Waals surface area contributed by atoms with Gasteiger partial charge in [0, 0.05) is 37.0 Å². The molecule has 148 valence electrons. The number of amides is 2. The number of aryl methyl sites for hydroxylation is 2. The zero-order valence-corrected chi connectivity index (χ0v) is 16.9. The minimum atomic E-state index is -2.99. The lowest BCUT2D eigenvalue weighted by Gasteiger charge is -2.34. The predicted octanol–water partition coefficient (Wildman–Crippen LogP) is 4.01. The molecule has 3 heterocycles. The monoisotopic (exact) mass is 396 g/mol. The number of carbonyl (C=O) groups excluding carboxylic acids is 2. The number of likely N-dealkylation sites (tertiary alicyclic amines) is 1. The molecule has 2 saturated heterocycles. The highest BCUT2D eigenvalue weighted by Crippen LogP contribution is 2.58. The second kappa shape index (κ2) is 6.26. The van der Waals surface area contributed by atoms with Gasteiger partial charge in [0.2, 0.25) is 5.91 Å². The van der Waals surface area contributed by atoms with Crippen molar-refractivity contribution < 1.29 is 18.4 Å². The SMILES string of the molecule is Cc1cc(C)c(C(=O)N2CCC3CCC(C2)N3C(=O)C2(C(C)(F)F)CC2)s1. The van der Waals surface area contributed by atoms with E-state index in [9.17, 15) is 18.4 Å². The third-order valence-electron chi connectivity index (χ3n) is 6.54. The van der Waals surface area contributed by atoms with Gasteiger partial charge in [0.15, 0.2) is 0 Å². The molecule has 2 bridgehead atoms. The number of alkyl halides is 2. The summed E-state index contributed by atoms with van der Waals surface area (Å²) in [5, 5.41) is 0. The van der Waals surface area contributed by atoms with Gasteiger partial charge in [-0.2, -0.15) is 0 Å². The Morgan fingerprint density at radius 3 is 2.41 bits per heavy atom. The molecule has 7 heteroatoms. The van der Waals surface area contributed by atoms with E-state index in [2.05, 4.69) is 0 Å². The van der Waals surface area contributed by atoms with Gasteiger partial charge < -0.3 is 9.80 Å². The van der Waals surface area contributed by atoms with Gasteiger partial charge in [0.05, 0.1) is 4.88 Å². The molecule has 27 heavy (non-hydrogen) atoms. The number of nitrogens with zero attached hydrogens (tertiary/aromatic N) is 2. The van der Waals surface area contributed by atoms with Gasteiger partial charge in [-0.05, 0) is 57.6 Å². The topological polar surface area (TPSA) is 40.6 Å². The molecule has 4 rings (SSSR count). The van der Waals surface area contributed by atoms with Gasteiger partial charge in [0.25, 0.3) is 11.8 Å². The first-order valence-corrected chi connectivity index (χ1v) is 10.5. The lowest BCUT2D eigenvalue weighted by molar-refractivity contribution is -0.155. The number of thiophene rings is 1. The van der Waals surface area contributed by atoms with E-state index < -0.39 is 11.3 Å². The van der Waals surface area contributed by atoms with Crippen LogP contribution in [0.25, 0.3) is 0 Å². The van der Waals surface area contributed by atoms with Crippen LogP contribution in [0.15, 0.2) is 6.07 Å². The second-order valence-corrected chi connectivity index (χ2v) is 9.73. The van der Waals surface area contributed by atoms with Gasteiger partial charge >= 0.3 is 0 Å². The molecule has 0 spiro atoms. The fourth-order valence-electron chi connectivity index (χ4n) is 4.80. The Bertz CT molecular complexity index is 781. The van der Waals surface area contributed by atoms with E-state index in [-0.39, 0.29) is 36.7 Å². The fourth-order valence-corrected chi connectivity index (χ4v) is 5.79. The maximum absolute atomic E-state index is 14.1. The van der Waals surface area contributed by atoms with Crippen LogP contribution in [0, 0.1) is 19.3 Å². The molecule has 4 nitrogen and oxygen atoms in total. The number of fused-ring (bicyclic) bond motifs is 2. The van der Waals surface area contributed by atoms with Crippen LogP contribution in [0.1, 0.15) is 59.1 Å². The summed E-state index contributed by atoms with van der Waals surface area (Å²) in [5.74, 6) is -3.37. The Balaban J connectivity index is 1.55. The van der Waals surface area contributed by atoms with Crippen molar-refractivity contribution in [2.24, 2.45) is 5.41 Å². The standard InChI is InChI=1S/C20H26F2N2O2S/c1-12-10-13(2)27-16(12)17(25)23-9-6-14-4-5-15(11-23)24(14)18(26)20(7-8-20)19(3,21)22/h10,14-15H,4-9,11H2,1-3H3. The maximum Gasteiger partial charge on any atom is 0.264 e. The molecule has 3 aliphatic rings. The third-order valence-corrected chi connectivity index (χ3v) is 7.68. The number of halogens is 2. The van der Waals surface area contributed by atoms with E-state index in [1.54, 1.807) is 4.90 Å².